The second kappa shape index (κ2) is 4.72. The van der Waals surface area contributed by atoms with Gasteiger partial charge in [-0.2, -0.15) is 0 Å². The van der Waals surface area contributed by atoms with E-state index in [1.807, 2.05) is 29.2 Å². The highest BCUT2D eigenvalue weighted by atomic mass is 16.2. The topological polar surface area (TPSA) is 59.2 Å². The second-order valence-corrected chi connectivity index (χ2v) is 4.67. The van der Waals surface area contributed by atoms with E-state index in [1.165, 1.54) is 0 Å². The summed E-state index contributed by atoms with van der Waals surface area (Å²) >= 11 is 0. The van der Waals surface area contributed by atoms with Gasteiger partial charge in [0.05, 0.1) is 5.56 Å². The fourth-order valence-electron chi connectivity index (χ4n) is 2.40. The summed E-state index contributed by atoms with van der Waals surface area (Å²) in [7, 11) is 0. The number of hydrogen-bond acceptors (Lipinski definition) is 3. The van der Waals surface area contributed by atoms with Crippen LogP contribution in [0.3, 0.4) is 0 Å². The molecule has 0 spiro atoms. The van der Waals surface area contributed by atoms with Crippen LogP contribution < -0.4 is 5.73 Å². The fourth-order valence-corrected chi connectivity index (χ4v) is 2.40. The van der Waals surface area contributed by atoms with Gasteiger partial charge in [0.25, 0.3) is 5.91 Å². The van der Waals surface area contributed by atoms with Gasteiger partial charge in [-0.3, -0.25) is 9.78 Å². The van der Waals surface area contributed by atoms with Crippen LogP contribution >= 0.6 is 0 Å². The first-order valence-corrected chi connectivity index (χ1v) is 6.32. The van der Waals surface area contributed by atoms with Gasteiger partial charge in [0, 0.05) is 37.1 Å². The Morgan fingerprint density at radius 3 is 2.89 bits per heavy atom. The highest BCUT2D eigenvalue weighted by Crippen LogP contribution is 2.20. The number of anilines is 1. The summed E-state index contributed by atoms with van der Waals surface area (Å²) in [4.78, 5) is 18.6. The standard InChI is InChI=1S/C15H15N3O/c16-13-6-2-1-5-12(13)15(19)18-9-7-14-11(10-18)4-3-8-17-14/h1-6,8H,7,9-10,16H2. The zero-order valence-corrected chi connectivity index (χ0v) is 10.5. The van der Waals surface area contributed by atoms with E-state index in [0.717, 1.165) is 17.7 Å². The van der Waals surface area contributed by atoms with Crippen molar-refractivity contribution in [1.82, 2.24) is 9.88 Å². The molecule has 2 N–H and O–H groups in total. The Labute approximate surface area is 111 Å². The van der Waals surface area contributed by atoms with E-state index in [2.05, 4.69) is 4.98 Å². The summed E-state index contributed by atoms with van der Waals surface area (Å²) in [5.74, 6) is -0.00685. The van der Waals surface area contributed by atoms with Gasteiger partial charge in [-0.1, -0.05) is 18.2 Å². The zero-order chi connectivity index (χ0) is 13.2. The number of nitrogens with two attached hydrogens (primary N) is 1. The molecule has 0 unspecified atom stereocenters. The molecule has 3 rings (SSSR count). The van der Waals surface area contributed by atoms with Crippen LogP contribution in [0.25, 0.3) is 0 Å². The van der Waals surface area contributed by atoms with Crippen LogP contribution in [0.5, 0.6) is 0 Å². The van der Waals surface area contributed by atoms with Gasteiger partial charge in [-0.15, -0.1) is 0 Å². The third kappa shape index (κ3) is 2.17. The number of carbonyl (C=O) groups excluding carboxylic acids is 1. The number of carbonyl (C=O) groups is 1. The van der Waals surface area contributed by atoms with Crippen LogP contribution in [0.15, 0.2) is 42.6 Å². The average Bonchev–Trinajstić information content (AvgIpc) is 2.46. The van der Waals surface area contributed by atoms with Gasteiger partial charge < -0.3 is 10.6 Å². The van der Waals surface area contributed by atoms with Gasteiger partial charge >= 0.3 is 0 Å². The summed E-state index contributed by atoms with van der Waals surface area (Å²) in [6.45, 7) is 1.30. The number of amides is 1. The van der Waals surface area contributed by atoms with E-state index >= 15 is 0 Å². The van der Waals surface area contributed by atoms with E-state index < -0.39 is 0 Å². The quantitative estimate of drug-likeness (QED) is 0.789. The lowest BCUT2D eigenvalue weighted by atomic mass is 10.0. The Morgan fingerprint density at radius 2 is 2.05 bits per heavy atom. The number of rotatable bonds is 1. The molecule has 1 aromatic heterocycles. The van der Waals surface area contributed by atoms with E-state index in [4.69, 9.17) is 5.73 Å². The van der Waals surface area contributed by atoms with Crippen molar-refractivity contribution >= 4 is 11.6 Å². The third-order valence-corrected chi connectivity index (χ3v) is 3.44. The van der Waals surface area contributed by atoms with Gasteiger partial charge in [-0.25, -0.2) is 0 Å². The van der Waals surface area contributed by atoms with Crippen molar-refractivity contribution in [3.8, 4) is 0 Å². The molecule has 0 aliphatic carbocycles. The van der Waals surface area contributed by atoms with E-state index in [9.17, 15) is 4.79 Å². The lowest BCUT2D eigenvalue weighted by molar-refractivity contribution is 0.0734. The van der Waals surface area contributed by atoms with Crippen molar-refractivity contribution in [1.29, 1.82) is 0 Å². The highest BCUT2D eigenvalue weighted by molar-refractivity contribution is 5.99. The molecule has 0 saturated carbocycles. The third-order valence-electron chi connectivity index (χ3n) is 3.44. The van der Waals surface area contributed by atoms with Gasteiger partial charge in [0.15, 0.2) is 0 Å². The molecule has 0 fully saturated rings. The summed E-state index contributed by atoms with van der Waals surface area (Å²) < 4.78 is 0. The minimum absolute atomic E-state index is 0.00685. The minimum Gasteiger partial charge on any atom is -0.398 e. The normalized spacial score (nSPS) is 14.0. The molecular weight excluding hydrogens is 238 g/mol. The first-order chi connectivity index (χ1) is 9.25. The highest BCUT2D eigenvalue weighted by Gasteiger charge is 2.23. The van der Waals surface area contributed by atoms with Crippen molar-refractivity contribution in [2.24, 2.45) is 0 Å². The molecule has 0 saturated heterocycles. The molecule has 0 bridgehead atoms. The summed E-state index contributed by atoms with van der Waals surface area (Å²) in [5, 5.41) is 0. The number of nitrogens with zero attached hydrogens (tertiary/aromatic N) is 2. The van der Waals surface area contributed by atoms with E-state index in [-0.39, 0.29) is 5.91 Å². The molecule has 2 heterocycles. The van der Waals surface area contributed by atoms with Crippen LogP contribution in [0.2, 0.25) is 0 Å². The maximum atomic E-state index is 12.5. The number of aromatic nitrogens is 1. The molecule has 1 aliphatic heterocycles. The van der Waals surface area contributed by atoms with Crippen molar-refractivity contribution in [2.75, 3.05) is 12.3 Å². The maximum absolute atomic E-state index is 12.5. The number of hydrogen-bond donors (Lipinski definition) is 1. The Morgan fingerprint density at radius 1 is 1.21 bits per heavy atom. The number of nitrogen functional groups attached to an aromatic ring is 1. The Bertz CT molecular complexity index is 624. The van der Waals surface area contributed by atoms with Gasteiger partial charge in [0.2, 0.25) is 0 Å². The largest absolute Gasteiger partial charge is 0.398 e. The van der Waals surface area contributed by atoms with Crippen LogP contribution in [-0.2, 0) is 13.0 Å². The SMILES string of the molecule is Nc1ccccc1C(=O)N1CCc2ncccc2C1. The lowest BCUT2D eigenvalue weighted by Crippen LogP contribution is -2.36. The van der Waals surface area contributed by atoms with Crippen LogP contribution in [0.4, 0.5) is 5.69 Å². The van der Waals surface area contributed by atoms with E-state index in [1.54, 1.807) is 18.3 Å². The van der Waals surface area contributed by atoms with Gasteiger partial charge in [-0.05, 0) is 23.8 Å². The van der Waals surface area contributed by atoms with Crippen LogP contribution in [0.1, 0.15) is 21.6 Å². The number of fused-ring (bicyclic) bond motifs is 1. The number of benzene rings is 1. The summed E-state index contributed by atoms with van der Waals surface area (Å²) in [6.07, 6.45) is 2.60. The van der Waals surface area contributed by atoms with Gasteiger partial charge in [0.1, 0.15) is 0 Å². The Hall–Kier alpha value is -2.36. The maximum Gasteiger partial charge on any atom is 0.256 e. The molecule has 0 radical (unpaired) electrons. The smallest absolute Gasteiger partial charge is 0.256 e. The van der Waals surface area contributed by atoms with Crippen molar-refractivity contribution in [2.45, 2.75) is 13.0 Å². The molecule has 19 heavy (non-hydrogen) atoms. The molecule has 4 nitrogen and oxygen atoms in total. The number of pyridine rings is 1. The molecular formula is C15H15N3O. The van der Waals surface area contributed by atoms with Crippen molar-refractivity contribution in [3.05, 3.63) is 59.4 Å². The average molecular weight is 253 g/mol. The first kappa shape index (κ1) is 11.7. The fraction of sp³-hybridized carbons (Fsp3) is 0.200. The molecule has 1 aromatic carbocycles. The Balaban J connectivity index is 1.86. The Kier molecular flexibility index (Phi) is 2.91. The predicted molar refractivity (Wildman–Crippen MR) is 73.5 cm³/mol. The minimum atomic E-state index is -0.00685. The molecule has 2 aromatic rings. The monoisotopic (exact) mass is 253 g/mol. The lowest BCUT2D eigenvalue weighted by Gasteiger charge is -2.28. The van der Waals surface area contributed by atoms with E-state index in [0.29, 0.717) is 24.3 Å². The van der Waals surface area contributed by atoms with Crippen molar-refractivity contribution in [3.63, 3.8) is 0 Å². The van der Waals surface area contributed by atoms with Crippen LogP contribution in [0, 0.1) is 0 Å². The predicted octanol–water partition coefficient (Wildman–Crippen LogP) is 1.86. The summed E-state index contributed by atoms with van der Waals surface area (Å²) in [5.41, 5.74) is 9.19. The molecule has 96 valence electrons. The molecule has 0 atom stereocenters. The summed E-state index contributed by atoms with van der Waals surface area (Å²) in [6, 6.07) is 11.1. The zero-order valence-electron chi connectivity index (χ0n) is 10.5. The van der Waals surface area contributed by atoms with Crippen LogP contribution in [-0.4, -0.2) is 22.3 Å². The first-order valence-electron chi connectivity index (χ1n) is 6.32. The molecule has 1 aliphatic rings. The second-order valence-electron chi connectivity index (χ2n) is 4.67. The molecule has 4 heteroatoms. The molecule has 1 amide bonds. The number of para-hydroxylation sites is 1. The van der Waals surface area contributed by atoms with Crippen molar-refractivity contribution < 1.29 is 4.79 Å².